The Morgan fingerprint density at radius 3 is 2.50 bits per heavy atom. The van der Waals surface area contributed by atoms with Crippen LogP contribution in [0, 0.1) is 0 Å². The van der Waals surface area contributed by atoms with Crippen LogP contribution in [0.2, 0.25) is 0 Å². The molecule has 0 bridgehead atoms. The summed E-state index contributed by atoms with van der Waals surface area (Å²) in [5.41, 5.74) is 3.74. The highest BCUT2D eigenvalue weighted by Crippen LogP contribution is 2.24. The van der Waals surface area contributed by atoms with Crippen molar-refractivity contribution < 1.29 is 13.2 Å². The number of hydrogen-bond donors (Lipinski definition) is 0. The Morgan fingerprint density at radius 2 is 1.81 bits per heavy atom. The second-order valence-electron chi connectivity index (χ2n) is 7.13. The third-order valence-electron chi connectivity index (χ3n) is 4.95. The van der Waals surface area contributed by atoms with Crippen molar-refractivity contribution in [3.8, 4) is 0 Å². The van der Waals surface area contributed by atoms with Crippen LogP contribution >= 0.6 is 0 Å². The summed E-state index contributed by atoms with van der Waals surface area (Å²) in [7, 11) is -3.42. The summed E-state index contributed by atoms with van der Waals surface area (Å²) < 4.78 is 24.7. The standard InChI is InChI=1S/C21H25NO3S/c1-16(2)18-9-8-17-10-12-22(15-19(17)14-18)21(23)11-13-26(24,25)20-6-4-3-5-7-20/h3-9,14,16H,10-13,15H2,1-2H3. The van der Waals surface area contributed by atoms with Gasteiger partial charge in [-0.3, -0.25) is 4.79 Å². The van der Waals surface area contributed by atoms with Gasteiger partial charge in [0, 0.05) is 19.5 Å². The lowest BCUT2D eigenvalue weighted by atomic mass is 9.93. The van der Waals surface area contributed by atoms with Crippen LogP contribution in [-0.2, 0) is 27.6 Å². The molecule has 2 aromatic carbocycles. The Kier molecular flexibility index (Phi) is 5.47. The predicted molar refractivity (Wildman–Crippen MR) is 103 cm³/mol. The van der Waals surface area contributed by atoms with Gasteiger partial charge >= 0.3 is 0 Å². The van der Waals surface area contributed by atoms with E-state index in [1.807, 2.05) is 0 Å². The van der Waals surface area contributed by atoms with Gasteiger partial charge in [-0.15, -0.1) is 0 Å². The smallest absolute Gasteiger partial charge is 0.223 e. The Hall–Kier alpha value is -2.14. The van der Waals surface area contributed by atoms with Crippen LogP contribution in [0.15, 0.2) is 53.4 Å². The maximum Gasteiger partial charge on any atom is 0.223 e. The van der Waals surface area contributed by atoms with E-state index in [0.29, 0.717) is 19.0 Å². The fourth-order valence-electron chi connectivity index (χ4n) is 3.27. The number of hydrogen-bond acceptors (Lipinski definition) is 3. The number of sulfone groups is 1. The molecule has 0 spiro atoms. The van der Waals surface area contributed by atoms with Crippen LogP contribution < -0.4 is 0 Å². The van der Waals surface area contributed by atoms with Gasteiger partial charge in [0.15, 0.2) is 9.84 Å². The highest BCUT2D eigenvalue weighted by molar-refractivity contribution is 7.91. The van der Waals surface area contributed by atoms with E-state index in [1.165, 1.54) is 16.7 Å². The van der Waals surface area contributed by atoms with E-state index in [9.17, 15) is 13.2 Å². The molecule has 26 heavy (non-hydrogen) atoms. The molecule has 0 saturated heterocycles. The van der Waals surface area contributed by atoms with Crippen LogP contribution in [0.5, 0.6) is 0 Å². The fraction of sp³-hybridized carbons (Fsp3) is 0.381. The number of fused-ring (bicyclic) bond motifs is 1. The van der Waals surface area contributed by atoms with Crippen LogP contribution in [-0.4, -0.2) is 31.5 Å². The molecular formula is C21H25NO3S. The molecule has 1 aliphatic heterocycles. The molecule has 3 rings (SSSR count). The Balaban J connectivity index is 1.65. The van der Waals surface area contributed by atoms with Crippen LogP contribution in [0.25, 0.3) is 0 Å². The van der Waals surface area contributed by atoms with Crippen molar-refractivity contribution in [1.29, 1.82) is 0 Å². The first kappa shape index (κ1) is 18.6. The monoisotopic (exact) mass is 371 g/mol. The molecule has 0 fully saturated rings. The maximum atomic E-state index is 12.6. The molecule has 0 atom stereocenters. The van der Waals surface area contributed by atoms with Gasteiger partial charge in [0.05, 0.1) is 10.6 Å². The van der Waals surface area contributed by atoms with Crippen LogP contribution in [0.3, 0.4) is 0 Å². The zero-order valence-corrected chi connectivity index (χ0v) is 16.1. The van der Waals surface area contributed by atoms with Crippen molar-refractivity contribution in [3.63, 3.8) is 0 Å². The average Bonchev–Trinajstić information content (AvgIpc) is 2.66. The number of amides is 1. The number of rotatable bonds is 5. The van der Waals surface area contributed by atoms with Gasteiger partial charge in [0.2, 0.25) is 5.91 Å². The zero-order chi connectivity index (χ0) is 18.7. The largest absolute Gasteiger partial charge is 0.338 e. The molecule has 0 unspecified atom stereocenters. The number of carbonyl (C=O) groups is 1. The molecule has 1 heterocycles. The number of carbonyl (C=O) groups excluding carboxylic acids is 1. The summed E-state index contributed by atoms with van der Waals surface area (Å²) in [6.45, 7) is 5.53. The van der Waals surface area contributed by atoms with E-state index in [1.54, 1.807) is 35.2 Å². The lowest BCUT2D eigenvalue weighted by Gasteiger charge is -2.29. The van der Waals surface area contributed by atoms with Gasteiger partial charge in [0.1, 0.15) is 0 Å². The second kappa shape index (κ2) is 7.62. The minimum absolute atomic E-state index is 0.0242. The van der Waals surface area contributed by atoms with E-state index in [2.05, 4.69) is 32.0 Å². The molecule has 0 saturated carbocycles. The molecular weight excluding hydrogens is 346 g/mol. The van der Waals surface area contributed by atoms with Crippen LogP contribution in [0.4, 0.5) is 0 Å². The Labute approximate surface area is 155 Å². The summed E-state index contributed by atoms with van der Waals surface area (Å²) >= 11 is 0. The van der Waals surface area contributed by atoms with Gasteiger partial charge in [-0.2, -0.15) is 0 Å². The van der Waals surface area contributed by atoms with Crippen molar-refractivity contribution >= 4 is 15.7 Å². The van der Waals surface area contributed by atoms with Crippen molar-refractivity contribution in [2.24, 2.45) is 0 Å². The van der Waals surface area contributed by atoms with Crippen molar-refractivity contribution in [2.75, 3.05) is 12.3 Å². The van der Waals surface area contributed by atoms with E-state index in [4.69, 9.17) is 0 Å². The fourth-order valence-corrected chi connectivity index (χ4v) is 4.53. The lowest BCUT2D eigenvalue weighted by molar-refractivity contribution is -0.131. The van der Waals surface area contributed by atoms with Gasteiger partial charge in [-0.1, -0.05) is 50.2 Å². The maximum absolute atomic E-state index is 12.6. The van der Waals surface area contributed by atoms with Crippen molar-refractivity contribution in [3.05, 3.63) is 65.2 Å². The first-order valence-electron chi connectivity index (χ1n) is 9.04. The quantitative estimate of drug-likeness (QED) is 0.807. The summed E-state index contributed by atoms with van der Waals surface area (Å²) in [5.74, 6) is 0.207. The van der Waals surface area contributed by atoms with Crippen molar-refractivity contribution in [1.82, 2.24) is 4.90 Å². The van der Waals surface area contributed by atoms with Crippen LogP contribution in [0.1, 0.15) is 42.9 Å². The molecule has 0 N–H and O–H groups in total. The molecule has 1 amide bonds. The summed E-state index contributed by atoms with van der Waals surface area (Å²) in [6, 6.07) is 14.8. The summed E-state index contributed by atoms with van der Waals surface area (Å²) in [6.07, 6.45) is 0.849. The highest BCUT2D eigenvalue weighted by Gasteiger charge is 2.23. The van der Waals surface area contributed by atoms with E-state index >= 15 is 0 Å². The molecule has 2 aromatic rings. The summed E-state index contributed by atoms with van der Waals surface area (Å²) in [5, 5.41) is 0. The normalized spacial score (nSPS) is 14.3. The lowest BCUT2D eigenvalue weighted by Crippen LogP contribution is -2.36. The van der Waals surface area contributed by atoms with Gasteiger partial charge < -0.3 is 4.90 Å². The molecule has 0 aliphatic carbocycles. The van der Waals surface area contributed by atoms with Crippen molar-refractivity contribution in [2.45, 2.75) is 44.0 Å². The first-order valence-corrected chi connectivity index (χ1v) is 10.7. The first-order chi connectivity index (χ1) is 12.4. The summed E-state index contributed by atoms with van der Waals surface area (Å²) in [4.78, 5) is 14.6. The predicted octanol–water partition coefficient (Wildman–Crippen LogP) is 3.56. The molecule has 1 aliphatic rings. The second-order valence-corrected chi connectivity index (χ2v) is 9.24. The molecule has 0 radical (unpaired) electrons. The Bertz CT molecular complexity index is 889. The van der Waals surface area contributed by atoms with E-state index in [-0.39, 0.29) is 23.0 Å². The van der Waals surface area contributed by atoms with Gasteiger partial charge in [-0.05, 0) is 41.2 Å². The molecule has 5 heteroatoms. The third kappa shape index (κ3) is 4.15. The van der Waals surface area contributed by atoms with E-state index < -0.39 is 9.84 Å². The molecule has 138 valence electrons. The zero-order valence-electron chi connectivity index (χ0n) is 15.3. The number of nitrogens with zero attached hydrogens (tertiary/aromatic N) is 1. The molecule has 0 aromatic heterocycles. The SMILES string of the molecule is CC(C)c1ccc2c(c1)CN(C(=O)CCS(=O)(=O)c1ccccc1)CC2. The van der Waals surface area contributed by atoms with E-state index in [0.717, 1.165) is 6.42 Å². The van der Waals surface area contributed by atoms with Gasteiger partial charge in [0.25, 0.3) is 0 Å². The topological polar surface area (TPSA) is 54.5 Å². The molecule has 4 nitrogen and oxygen atoms in total. The Morgan fingerprint density at radius 1 is 1.08 bits per heavy atom. The minimum atomic E-state index is -3.42. The number of benzene rings is 2. The average molecular weight is 372 g/mol. The minimum Gasteiger partial charge on any atom is -0.338 e. The highest BCUT2D eigenvalue weighted by atomic mass is 32.2. The third-order valence-corrected chi connectivity index (χ3v) is 6.68. The van der Waals surface area contributed by atoms with Gasteiger partial charge in [-0.25, -0.2) is 8.42 Å².